The molecule has 0 radical (unpaired) electrons. The summed E-state index contributed by atoms with van der Waals surface area (Å²) >= 11 is 12.1. The number of rotatable bonds is 5. The Balaban J connectivity index is 2.22. The van der Waals surface area contributed by atoms with Crippen LogP contribution in [0.5, 0.6) is 5.75 Å². The Morgan fingerprint density at radius 2 is 1.82 bits per heavy atom. The highest BCUT2D eigenvalue weighted by Gasteiger charge is 2.25. The van der Waals surface area contributed by atoms with Crippen LogP contribution in [0, 0.1) is 5.82 Å². The number of nitrogens with one attached hydrogen (secondary N) is 1. The van der Waals surface area contributed by atoms with Gasteiger partial charge in [0.2, 0.25) is 0 Å². The highest BCUT2D eigenvalue weighted by atomic mass is 35.5. The number of benzene rings is 1. The minimum Gasteiger partial charge on any atom is -0.505 e. The van der Waals surface area contributed by atoms with Crippen LogP contribution >= 0.6 is 23.2 Å². The zero-order chi connectivity index (χ0) is 20.6. The summed E-state index contributed by atoms with van der Waals surface area (Å²) in [6.45, 7) is -0.872. The lowest BCUT2D eigenvalue weighted by molar-refractivity contribution is -0.135. The first-order valence-electron chi connectivity index (χ1n) is 7.77. The number of halogens is 3. The fourth-order valence-electron chi connectivity index (χ4n) is 2.66. The van der Waals surface area contributed by atoms with E-state index >= 15 is 0 Å². The van der Waals surface area contributed by atoms with Crippen molar-refractivity contribution in [2.45, 2.75) is 6.54 Å². The molecule has 0 saturated carbocycles. The average molecular weight is 428 g/mol. The zero-order valence-corrected chi connectivity index (χ0v) is 15.5. The molecule has 3 aromatic rings. The minimum atomic E-state index is -1.32. The highest BCUT2D eigenvalue weighted by Crippen LogP contribution is 2.32. The average Bonchev–Trinajstić information content (AvgIpc) is 2.94. The van der Waals surface area contributed by atoms with E-state index in [-0.39, 0.29) is 22.2 Å². The predicted octanol–water partition coefficient (Wildman–Crippen LogP) is 2.12. The molecule has 0 aliphatic rings. The van der Waals surface area contributed by atoms with E-state index in [9.17, 15) is 23.9 Å². The van der Waals surface area contributed by atoms with Crippen LogP contribution in [0.3, 0.4) is 0 Å². The molecule has 2 heterocycles. The maximum Gasteiger partial charge on any atom is 0.322 e. The van der Waals surface area contributed by atoms with Gasteiger partial charge in [-0.3, -0.25) is 14.4 Å². The number of carboxylic acids is 1. The molecule has 0 saturated heterocycles. The van der Waals surface area contributed by atoms with E-state index in [1.807, 2.05) is 5.32 Å². The number of carboxylic acid groups (broad SMARTS) is 1. The third kappa shape index (κ3) is 3.54. The third-order valence-corrected chi connectivity index (χ3v) is 4.67. The van der Waals surface area contributed by atoms with E-state index in [0.717, 1.165) is 9.20 Å². The van der Waals surface area contributed by atoms with Crippen LogP contribution in [0.4, 0.5) is 4.39 Å². The van der Waals surface area contributed by atoms with Gasteiger partial charge < -0.3 is 15.5 Å². The largest absolute Gasteiger partial charge is 0.505 e. The molecular formula is C17H12Cl2FN3O5. The van der Waals surface area contributed by atoms with Crippen molar-refractivity contribution in [2.24, 2.45) is 0 Å². The van der Waals surface area contributed by atoms with Crippen molar-refractivity contribution < 1.29 is 24.2 Å². The molecule has 11 heteroatoms. The van der Waals surface area contributed by atoms with Gasteiger partial charge in [0.25, 0.3) is 11.5 Å². The summed E-state index contributed by atoms with van der Waals surface area (Å²) in [4.78, 5) is 35.9. The van der Waals surface area contributed by atoms with Crippen molar-refractivity contribution in [3.63, 3.8) is 0 Å². The van der Waals surface area contributed by atoms with Crippen molar-refractivity contribution in [1.82, 2.24) is 14.5 Å². The van der Waals surface area contributed by atoms with Crippen LogP contribution in [-0.2, 0) is 11.3 Å². The van der Waals surface area contributed by atoms with Gasteiger partial charge in [-0.1, -0.05) is 35.3 Å². The summed E-state index contributed by atoms with van der Waals surface area (Å²) in [7, 11) is 0. The number of amides is 1. The molecule has 0 aliphatic heterocycles. The molecule has 1 aromatic carbocycles. The summed E-state index contributed by atoms with van der Waals surface area (Å²) in [5, 5.41) is 21.1. The van der Waals surface area contributed by atoms with Crippen molar-refractivity contribution in [3.05, 3.63) is 67.8 Å². The van der Waals surface area contributed by atoms with Crippen LogP contribution in [0.1, 0.15) is 15.9 Å². The van der Waals surface area contributed by atoms with Crippen molar-refractivity contribution in [3.8, 4) is 5.75 Å². The number of carbonyl (C=O) groups is 2. The number of aliphatic carboxylic acids is 1. The number of aromatic nitrogens is 2. The van der Waals surface area contributed by atoms with E-state index in [1.54, 1.807) is 0 Å². The maximum absolute atomic E-state index is 13.2. The van der Waals surface area contributed by atoms with Crippen molar-refractivity contribution >= 4 is 40.6 Å². The highest BCUT2D eigenvalue weighted by molar-refractivity contribution is 6.42. The Morgan fingerprint density at radius 3 is 2.43 bits per heavy atom. The Labute approximate surface area is 166 Å². The lowest BCUT2D eigenvalue weighted by Gasteiger charge is -2.15. The van der Waals surface area contributed by atoms with Gasteiger partial charge in [-0.2, -0.15) is 0 Å². The van der Waals surface area contributed by atoms with Crippen LogP contribution in [0.2, 0.25) is 10.2 Å². The number of aromatic hydroxyl groups is 1. The van der Waals surface area contributed by atoms with E-state index < -0.39 is 41.1 Å². The van der Waals surface area contributed by atoms with Gasteiger partial charge in [-0.25, -0.2) is 13.6 Å². The van der Waals surface area contributed by atoms with Crippen LogP contribution < -0.4 is 10.9 Å². The van der Waals surface area contributed by atoms with E-state index in [4.69, 9.17) is 28.3 Å². The van der Waals surface area contributed by atoms with Crippen molar-refractivity contribution in [2.75, 3.05) is 6.54 Å². The van der Waals surface area contributed by atoms with Gasteiger partial charge in [0.1, 0.15) is 28.6 Å². The lowest BCUT2D eigenvalue weighted by atomic mass is 10.2. The topological polar surface area (TPSA) is 113 Å². The molecule has 0 spiro atoms. The molecule has 3 rings (SSSR count). The summed E-state index contributed by atoms with van der Waals surface area (Å²) in [5.41, 5.74) is -1.13. The van der Waals surface area contributed by atoms with Crippen LogP contribution in [0.25, 0.3) is 5.52 Å². The number of hydrogen-bond donors (Lipinski definition) is 3. The molecule has 0 atom stereocenters. The number of fused-ring (bicyclic) bond motifs is 1. The van der Waals surface area contributed by atoms with Crippen LogP contribution in [0.15, 0.2) is 35.1 Å². The Kier molecular flexibility index (Phi) is 5.30. The Morgan fingerprint density at radius 1 is 1.18 bits per heavy atom. The number of nitrogens with zero attached hydrogens (tertiary/aromatic N) is 2. The molecule has 0 unspecified atom stereocenters. The third-order valence-electron chi connectivity index (χ3n) is 3.92. The molecule has 3 N–H and O–H groups in total. The summed E-state index contributed by atoms with van der Waals surface area (Å²) < 4.78 is 15.3. The summed E-state index contributed by atoms with van der Waals surface area (Å²) in [6.07, 6.45) is 0. The SMILES string of the molecule is O=C(O)CNC(=O)c1c(O)c2cc(Cl)c(Cl)n2n(Cc2ccc(F)cc2)c1=O. The van der Waals surface area contributed by atoms with E-state index in [0.29, 0.717) is 5.56 Å². The summed E-state index contributed by atoms with van der Waals surface area (Å²) in [6, 6.07) is 6.52. The van der Waals surface area contributed by atoms with Gasteiger partial charge in [-0.05, 0) is 23.8 Å². The van der Waals surface area contributed by atoms with Gasteiger partial charge >= 0.3 is 5.97 Å². The fourth-order valence-corrected chi connectivity index (χ4v) is 3.08. The van der Waals surface area contributed by atoms with Gasteiger partial charge in [0.05, 0.1) is 11.6 Å². The molecule has 8 nitrogen and oxygen atoms in total. The fraction of sp³-hybridized carbons (Fsp3) is 0.118. The van der Waals surface area contributed by atoms with Gasteiger partial charge in [0.15, 0.2) is 5.75 Å². The monoisotopic (exact) mass is 427 g/mol. The minimum absolute atomic E-state index is 0.0207. The Bertz CT molecular complexity index is 1150. The first kappa shape index (κ1) is 19.7. The molecule has 0 bridgehead atoms. The van der Waals surface area contributed by atoms with Gasteiger partial charge in [-0.15, -0.1) is 0 Å². The smallest absolute Gasteiger partial charge is 0.322 e. The van der Waals surface area contributed by atoms with E-state index in [1.165, 1.54) is 30.3 Å². The lowest BCUT2D eigenvalue weighted by Crippen LogP contribution is -2.37. The maximum atomic E-state index is 13.2. The molecule has 0 aliphatic carbocycles. The molecule has 0 fully saturated rings. The van der Waals surface area contributed by atoms with Gasteiger partial charge in [0, 0.05) is 0 Å². The Hall–Kier alpha value is -3.04. The standard InChI is InChI=1S/C17H12Cl2FN3O5/c18-10-5-11-14(26)13(16(27)21-6-12(24)25)17(28)22(23(11)15(10)19)7-8-1-3-9(20)4-2-8/h1-5,26H,6-7H2,(H,21,27)(H,24,25). The molecule has 1 amide bonds. The second kappa shape index (κ2) is 7.53. The molecule has 2 aromatic heterocycles. The first-order valence-corrected chi connectivity index (χ1v) is 8.53. The second-order valence-electron chi connectivity index (χ2n) is 5.77. The summed E-state index contributed by atoms with van der Waals surface area (Å²) in [5.74, 6) is -3.57. The molecule has 146 valence electrons. The first-order chi connectivity index (χ1) is 13.2. The predicted molar refractivity (Wildman–Crippen MR) is 98.8 cm³/mol. The number of hydrogen-bond acceptors (Lipinski definition) is 4. The molecule has 28 heavy (non-hydrogen) atoms. The zero-order valence-electron chi connectivity index (χ0n) is 13.9. The number of carbonyl (C=O) groups excluding carboxylic acids is 1. The van der Waals surface area contributed by atoms with E-state index in [2.05, 4.69) is 0 Å². The molecular weight excluding hydrogens is 416 g/mol. The van der Waals surface area contributed by atoms with Crippen molar-refractivity contribution in [1.29, 1.82) is 0 Å². The normalized spacial score (nSPS) is 11.0. The quantitative estimate of drug-likeness (QED) is 0.576. The van der Waals surface area contributed by atoms with Crippen LogP contribution in [-0.4, -0.2) is 37.8 Å². The second-order valence-corrected chi connectivity index (χ2v) is 6.53.